The molecule has 0 saturated heterocycles. The Hall–Kier alpha value is -1.75. The van der Waals surface area contributed by atoms with Gasteiger partial charge < -0.3 is 14.8 Å². The first kappa shape index (κ1) is 14.7. The van der Waals surface area contributed by atoms with Crippen LogP contribution < -0.4 is 10.2 Å². The van der Waals surface area contributed by atoms with Crippen molar-refractivity contribution in [2.75, 3.05) is 24.3 Å². The van der Waals surface area contributed by atoms with E-state index in [9.17, 15) is 4.79 Å². The van der Waals surface area contributed by atoms with Crippen molar-refractivity contribution in [2.24, 2.45) is 0 Å². The van der Waals surface area contributed by atoms with Crippen LogP contribution in [0, 0.1) is 0 Å². The van der Waals surface area contributed by atoms with E-state index in [2.05, 4.69) is 21.2 Å². The molecule has 0 aliphatic carbocycles. The van der Waals surface area contributed by atoms with Crippen molar-refractivity contribution in [3.8, 4) is 0 Å². The molecule has 0 fully saturated rings. The lowest BCUT2D eigenvalue weighted by molar-refractivity contribution is 0.101. The summed E-state index contributed by atoms with van der Waals surface area (Å²) in [7, 11) is 3.97. The Bertz CT molecular complexity index is 602. The van der Waals surface area contributed by atoms with Crippen LogP contribution in [0.25, 0.3) is 0 Å². The molecular weight excluding hydrogens is 318 g/mol. The highest BCUT2D eigenvalue weighted by atomic mass is 79.9. The van der Waals surface area contributed by atoms with Crippen molar-refractivity contribution in [1.29, 1.82) is 0 Å². The van der Waals surface area contributed by atoms with Crippen LogP contribution in [0.5, 0.6) is 0 Å². The molecule has 0 atom stereocenters. The van der Waals surface area contributed by atoms with Gasteiger partial charge in [0.1, 0.15) is 5.69 Å². The summed E-state index contributed by atoms with van der Waals surface area (Å²) in [5.74, 6) is -0.102. The second-order valence-electron chi connectivity index (χ2n) is 4.73. The molecule has 1 heterocycles. The van der Waals surface area contributed by atoms with E-state index in [1.165, 1.54) is 0 Å². The van der Waals surface area contributed by atoms with Crippen LogP contribution in [0.1, 0.15) is 17.4 Å². The van der Waals surface area contributed by atoms with Gasteiger partial charge >= 0.3 is 0 Å². The number of hydrogen-bond acceptors (Lipinski definition) is 2. The monoisotopic (exact) mass is 335 g/mol. The summed E-state index contributed by atoms with van der Waals surface area (Å²) in [6.07, 6.45) is 1.91. The molecule has 5 heteroatoms. The lowest BCUT2D eigenvalue weighted by Gasteiger charge is -2.13. The Morgan fingerprint density at radius 2 is 1.95 bits per heavy atom. The fourth-order valence-corrected chi connectivity index (χ4v) is 2.43. The summed E-state index contributed by atoms with van der Waals surface area (Å²) in [6, 6.07) is 9.59. The van der Waals surface area contributed by atoms with Crippen molar-refractivity contribution in [3.63, 3.8) is 0 Å². The third-order valence-electron chi connectivity index (χ3n) is 3.08. The SMILES string of the molecule is CCn1cc(Br)cc1C(=O)Nc1ccc(N(C)C)cc1. The summed E-state index contributed by atoms with van der Waals surface area (Å²) in [6.45, 7) is 2.77. The van der Waals surface area contributed by atoms with Gasteiger partial charge in [-0.15, -0.1) is 0 Å². The standard InChI is InChI=1S/C15H18BrN3O/c1-4-19-10-11(16)9-14(19)15(20)17-12-5-7-13(8-6-12)18(2)3/h5-10H,4H2,1-3H3,(H,17,20). The van der Waals surface area contributed by atoms with Crippen LogP contribution in [0.4, 0.5) is 11.4 Å². The molecule has 0 saturated carbocycles. The molecule has 0 aliphatic heterocycles. The number of rotatable bonds is 4. The molecule has 0 bridgehead atoms. The highest BCUT2D eigenvalue weighted by Crippen LogP contribution is 2.19. The summed E-state index contributed by atoms with van der Waals surface area (Å²) in [5.41, 5.74) is 2.54. The Balaban J connectivity index is 2.14. The average Bonchev–Trinajstić information content (AvgIpc) is 2.80. The summed E-state index contributed by atoms with van der Waals surface area (Å²) >= 11 is 3.40. The first-order chi connectivity index (χ1) is 9.51. The van der Waals surface area contributed by atoms with Gasteiger partial charge in [0.25, 0.3) is 5.91 Å². The maximum absolute atomic E-state index is 12.3. The number of anilines is 2. The van der Waals surface area contributed by atoms with Gasteiger partial charge in [0.05, 0.1) is 0 Å². The van der Waals surface area contributed by atoms with Crippen LogP contribution in [-0.2, 0) is 6.54 Å². The minimum atomic E-state index is -0.102. The third-order valence-corrected chi connectivity index (χ3v) is 3.51. The second kappa shape index (κ2) is 6.13. The Labute approximate surface area is 127 Å². The maximum atomic E-state index is 12.3. The van der Waals surface area contributed by atoms with Crippen molar-refractivity contribution in [3.05, 3.63) is 46.7 Å². The van der Waals surface area contributed by atoms with Crippen molar-refractivity contribution >= 4 is 33.2 Å². The number of carbonyl (C=O) groups is 1. The quantitative estimate of drug-likeness (QED) is 0.926. The van der Waals surface area contributed by atoms with E-state index in [4.69, 9.17) is 0 Å². The number of amides is 1. The lowest BCUT2D eigenvalue weighted by Crippen LogP contribution is -2.16. The molecule has 1 aromatic carbocycles. The van der Waals surface area contributed by atoms with E-state index in [1.807, 2.05) is 67.0 Å². The minimum Gasteiger partial charge on any atom is -0.378 e. The molecule has 4 nitrogen and oxygen atoms in total. The fraction of sp³-hybridized carbons (Fsp3) is 0.267. The normalized spacial score (nSPS) is 10.4. The van der Waals surface area contributed by atoms with Gasteiger partial charge in [-0.3, -0.25) is 4.79 Å². The smallest absolute Gasteiger partial charge is 0.272 e. The van der Waals surface area contributed by atoms with Crippen LogP contribution in [0.2, 0.25) is 0 Å². The Kier molecular flexibility index (Phi) is 4.49. The highest BCUT2D eigenvalue weighted by molar-refractivity contribution is 9.10. The predicted octanol–water partition coefficient (Wildman–Crippen LogP) is 3.59. The molecule has 0 radical (unpaired) electrons. The molecule has 20 heavy (non-hydrogen) atoms. The number of nitrogens with one attached hydrogen (secondary N) is 1. The largest absolute Gasteiger partial charge is 0.378 e. The Morgan fingerprint density at radius 3 is 2.50 bits per heavy atom. The van der Waals surface area contributed by atoms with Crippen molar-refractivity contribution in [2.45, 2.75) is 13.5 Å². The van der Waals surface area contributed by atoms with Crippen LogP contribution in [0.15, 0.2) is 41.0 Å². The van der Waals surface area contributed by atoms with E-state index in [0.717, 1.165) is 22.4 Å². The van der Waals surface area contributed by atoms with Crippen LogP contribution in [-0.4, -0.2) is 24.6 Å². The molecule has 1 amide bonds. The zero-order chi connectivity index (χ0) is 14.7. The van der Waals surface area contributed by atoms with Gasteiger partial charge in [0, 0.05) is 42.7 Å². The highest BCUT2D eigenvalue weighted by Gasteiger charge is 2.12. The third kappa shape index (κ3) is 3.22. The van der Waals surface area contributed by atoms with Gasteiger partial charge in [-0.05, 0) is 53.2 Å². The number of aryl methyl sites for hydroxylation is 1. The first-order valence-electron chi connectivity index (χ1n) is 6.45. The molecule has 106 valence electrons. The number of aromatic nitrogens is 1. The van der Waals surface area contributed by atoms with E-state index in [0.29, 0.717) is 5.69 Å². The Morgan fingerprint density at radius 1 is 1.30 bits per heavy atom. The van der Waals surface area contributed by atoms with Gasteiger partial charge in [-0.25, -0.2) is 0 Å². The summed E-state index contributed by atoms with van der Waals surface area (Å²) in [4.78, 5) is 14.3. The number of nitrogens with zero attached hydrogens (tertiary/aromatic N) is 2. The molecule has 2 rings (SSSR count). The maximum Gasteiger partial charge on any atom is 0.272 e. The number of carbonyl (C=O) groups excluding carboxylic acids is 1. The van der Waals surface area contributed by atoms with Gasteiger partial charge in [0.2, 0.25) is 0 Å². The minimum absolute atomic E-state index is 0.102. The zero-order valence-electron chi connectivity index (χ0n) is 11.9. The average molecular weight is 336 g/mol. The lowest BCUT2D eigenvalue weighted by atomic mass is 10.2. The van der Waals surface area contributed by atoms with Gasteiger partial charge in [0.15, 0.2) is 0 Å². The zero-order valence-corrected chi connectivity index (χ0v) is 13.4. The molecule has 1 aromatic heterocycles. The number of hydrogen-bond donors (Lipinski definition) is 1. The molecular formula is C15H18BrN3O. The fourth-order valence-electron chi connectivity index (χ4n) is 1.96. The topological polar surface area (TPSA) is 37.3 Å². The van der Waals surface area contributed by atoms with E-state index < -0.39 is 0 Å². The number of benzene rings is 1. The van der Waals surface area contributed by atoms with Gasteiger partial charge in [-0.2, -0.15) is 0 Å². The molecule has 0 unspecified atom stereocenters. The second-order valence-corrected chi connectivity index (χ2v) is 5.64. The molecule has 0 spiro atoms. The van der Waals surface area contributed by atoms with Crippen LogP contribution >= 0.6 is 15.9 Å². The number of halogens is 1. The van der Waals surface area contributed by atoms with Gasteiger partial charge in [-0.1, -0.05) is 0 Å². The van der Waals surface area contributed by atoms with E-state index >= 15 is 0 Å². The molecule has 1 N–H and O–H groups in total. The van der Waals surface area contributed by atoms with E-state index in [-0.39, 0.29) is 5.91 Å². The van der Waals surface area contributed by atoms with Crippen molar-refractivity contribution < 1.29 is 4.79 Å². The first-order valence-corrected chi connectivity index (χ1v) is 7.25. The molecule has 2 aromatic rings. The molecule has 0 aliphatic rings. The van der Waals surface area contributed by atoms with E-state index in [1.54, 1.807) is 0 Å². The van der Waals surface area contributed by atoms with Crippen LogP contribution in [0.3, 0.4) is 0 Å². The summed E-state index contributed by atoms with van der Waals surface area (Å²) < 4.78 is 2.82. The summed E-state index contributed by atoms with van der Waals surface area (Å²) in [5, 5.41) is 2.91. The predicted molar refractivity (Wildman–Crippen MR) is 86.5 cm³/mol. The van der Waals surface area contributed by atoms with Crippen molar-refractivity contribution in [1.82, 2.24) is 4.57 Å².